The normalized spacial score (nSPS) is 18.8. The highest BCUT2D eigenvalue weighted by Gasteiger charge is 2.42. The van der Waals surface area contributed by atoms with E-state index in [0.717, 1.165) is 62.5 Å². The average Bonchev–Trinajstić information content (AvgIpc) is 3.70. The van der Waals surface area contributed by atoms with Gasteiger partial charge in [-0.1, -0.05) is 18.1 Å². The molecule has 0 aromatic heterocycles. The number of anilines is 1. The summed E-state index contributed by atoms with van der Waals surface area (Å²) in [5, 5.41) is 11.0. The molecule has 3 fully saturated rings. The molecule has 0 bridgehead atoms. The zero-order valence-corrected chi connectivity index (χ0v) is 18.1. The molecule has 0 atom stereocenters. The number of nitrogens with zero attached hydrogens (tertiary/aromatic N) is 3. The van der Waals surface area contributed by atoms with Gasteiger partial charge in [0.1, 0.15) is 11.9 Å². The molecule has 0 radical (unpaired) electrons. The highest BCUT2D eigenvalue weighted by atomic mass is 19.1. The molecule has 2 saturated carbocycles. The second-order valence-electron chi connectivity index (χ2n) is 8.63. The van der Waals surface area contributed by atoms with Gasteiger partial charge in [-0.05, 0) is 63.5 Å². The highest BCUT2D eigenvalue weighted by molar-refractivity contribution is 5.75. The van der Waals surface area contributed by atoms with E-state index in [0.29, 0.717) is 12.3 Å². The van der Waals surface area contributed by atoms with Gasteiger partial charge >= 0.3 is 6.09 Å². The number of likely N-dealkylation sites (tertiary alicyclic amines) is 1. The van der Waals surface area contributed by atoms with E-state index in [1.54, 1.807) is 6.07 Å². The van der Waals surface area contributed by atoms with Gasteiger partial charge in [0.15, 0.2) is 11.6 Å². The minimum Gasteiger partial charge on any atom is -0.491 e. The van der Waals surface area contributed by atoms with Gasteiger partial charge < -0.3 is 14.4 Å². The van der Waals surface area contributed by atoms with Crippen LogP contribution >= 0.6 is 0 Å². The van der Waals surface area contributed by atoms with E-state index in [2.05, 4.69) is 5.22 Å². The third-order valence-electron chi connectivity index (χ3n) is 5.79. The number of nitrogens with one attached hydrogen (secondary N) is 2. The average molecular weight is 434 g/mol. The van der Waals surface area contributed by atoms with Crippen LogP contribution < -0.4 is 9.75 Å². The third-order valence-corrected chi connectivity index (χ3v) is 5.79. The van der Waals surface area contributed by atoms with E-state index in [4.69, 9.17) is 20.4 Å². The van der Waals surface area contributed by atoms with Crippen LogP contribution in [-0.4, -0.2) is 42.6 Å². The van der Waals surface area contributed by atoms with E-state index in [-0.39, 0.29) is 17.4 Å². The molecule has 3 aliphatic rings. The van der Waals surface area contributed by atoms with Crippen LogP contribution in [0.25, 0.3) is 0 Å². The molecule has 8 nitrogen and oxygen atoms in total. The maximum absolute atomic E-state index is 13.7. The van der Waals surface area contributed by atoms with Crippen LogP contribution in [-0.2, 0) is 4.74 Å². The van der Waals surface area contributed by atoms with E-state index in [1.807, 2.05) is 11.8 Å². The Morgan fingerprint density at radius 3 is 2.58 bits per heavy atom. The van der Waals surface area contributed by atoms with Crippen LogP contribution in [0.4, 0.5) is 14.9 Å². The van der Waals surface area contributed by atoms with Crippen molar-refractivity contribution in [3.8, 4) is 5.75 Å². The van der Waals surface area contributed by atoms with Crippen molar-refractivity contribution in [2.75, 3.05) is 24.7 Å². The number of carbonyl (C=O) groups is 1. The molecule has 4 rings (SSSR count). The Balaban J connectivity index is 0.000000185. The maximum Gasteiger partial charge on any atom is 0.410 e. The molecule has 1 aromatic rings. The van der Waals surface area contributed by atoms with Gasteiger partial charge in [0.05, 0.1) is 12.3 Å². The van der Waals surface area contributed by atoms with Crippen molar-refractivity contribution in [3.05, 3.63) is 24.0 Å². The van der Waals surface area contributed by atoms with Crippen LogP contribution in [0.15, 0.2) is 23.4 Å². The Labute approximate surface area is 182 Å². The van der Waals surface area contributed by atoms with Gasteiger partial charge in [0.25, 0.3) is 0 Å². The summed E-state index contributed by atoms with van der Waals surface area (Å²) < 4.78 is 24.4. The fourth-order valence-electron chi connectivity index (χ4n) is 3.28. The van der Waals surface area contributed by atoms with Crippen LogP contribution in [0.1, 0.15) is 58.3 Å². The fourth-order valence-corrected chi connectivity index (χ4v) is 3.28. The lowest BCUT2D eigenvalue weighted by Gasteiger charge is -2.27. The fraction of sp³-hybridized carbons (Fsp3) is 0.636. The highest BCUT2D eigenvalue weighted by Crippen LogP contribution is 2.39. The van der Waals surface area contributed by atoms with Crippen molar-refractivity contribution in [3.63, 3.8) is 0 Å². The largest absolute Gasteiger partial charge is 0.491 e. The van der Waals surface area contributed by atoms with Crippen molar-refractivity contribution in [2.24, 2.45) is 11.1 Å². The van der Waals surface area contributed by atoms with Crippen molar-refractivity contribution in [1.82, 2.24) is 4.90 Å². The summed E-state index contributed by atoms with van der Waals surface area (Å²) in [4.78, 5) is 13.4. The summed E-state index contributed by atoms with van der Waals surface area (Å²) in [5.41, 5.74) is 7.04. The number of hydrogen-bond acceptors (Lipinski definition) is 6. The van der Waals surface area contributed by atoms with Crippen molar-refractivity contribution in [1.29, 1.82) is 10.9 Å². The first-order valence-corrected chi connectivity index (χ1v) is 11.0. The summed E-state index contributed by atoms with van der Waals surface area (Å²) in [5.74, 6) is 0.455. The molecule has 1 aliphatic heterocycles. The molecule has 9 heteroatoms. The number of piperidine rings is 1. The maximum atomic E-state index is 13.7. The first kappa shape index (κ1) is 23.0. The Hall–Kier alpha value is -2.71. The molecular formula is C22H32FN5O3. The molecule has 0 spiro atoms. The number of halogens is 1. The van der Waals surface area contributed by atoms with Crippen LogP contribution in [0.2, 0.25) is 0 Å². The molecular weight excluding hydrogens is 401 g/mol. The first-order chi connectivity index (χ1) is 14.9. The lowest BCUT2D eigenvalue weighted by Crippen LogP contribution is -2.37. The number of amides is 1. The Morgan fingerprint density at radius 2 is 2.03 bits per heavy atom. The van der Waals surface area contributed by atoms with Gasteiger partial charge in [-0.25, -0.2) is 14.2 Å². The molecule has 31 heavy (non-hydrogen) atoms. The summed E-state index contributed by atoms with van der Waals surface area (Å²) in [6, 6.07) is 4.27. The SMILES string of the molecule is CC1(OC(=O)N2CCCCC2)CC1.N=CN(N=N)c1ccc(OCCC2CC2)c(F)c1. The monoisotopic (exact) mass is 433 g/mol. The minimum absolute atomic E-state index is 0.0975. The van der Waals surface area contributed by atoms with Crippen molar-refractivity contribution in [2.45, 2.75) is 63.9 Å². The van der Waals surface area contributed by atoms with Crippen molar-refractivity contribution >= 4 is 18.1 Å². The number of hydrogen-bond donors (Lipinski definition) is 2. The van der Waals surface area contributed by atoms with Crippen LogP contribution in [0.3, 0.4) is 0 Å². The Kier molecular flexibility index (Phi) is 7.81. The molecule has 0 unspecified atom stereocenters. The molecule has 1 heterocycles. The predicted octanol–water partition coefficient (Wildman–Crippen LogP) is 5.53. The van der Waals surface area contributed by atoms with E-state index < -0.39 is 5.82 Å². The lowest BCUT2D eigenvalue weighted by atomic mass is 10.1. The Morgan fingerprint density at radius 1 is 1.32 bits per heavy atom. The molecule has 170 valence electrons. The molecule has 1 saturated heterocycles. The standard InChI is InChI=1S/C12H15FN4O.C10H17NO2/c13-11-7-10(17(8-14)16-15)3-4-12(11)18-6-5-9-1-2-9;1-10(5-6-10)13-9(12)11-7-3-2-4-8-11/h3-4,7-9,14-15H,1-2,5-6H2;2-8H2,1H3. The second kappa shape index (κ2) is 10.5. The zero-order valence-electron chi connectivity index (χ0n) is 18.1. The molecule has 1 amide bonds. The summed E-state index contributed by atoms with van der Waals surface area (Å²) >= 11 is 0. The summed E-state index contributed by atoms with van der Waals surface area (Å²) in [7, 11) is 0. The second-order valence-corrected chi connectivity index (χ2v) is 8.63. The van der Waals surface area contributed by atoms with Gasteiger partial charge in [-0.15, -0.1) is 0 Å². The van der Waals surface area contributed by atoms with E-state index in [1.165, 1.54) is 31.4 Å². The topological polar surface area (TPSA) is 102 Å². The van der Waals surface area contributed by atoms with Gasteiger partial charge in [-0.3, -0.25) is 5.41 Å². The number of ether oxygens (including phenoxy) is 2. The first-order valence-electron chi connectivity index (χ1n) is 11.0. The summed E-state index contributed by atoms with van der Waals surface area (Å²) in [6.07, 6.45) is 9.80. The molecule has 1 aromatic carbocycles. The predicted molar refractivity (Wildman–Crippen MR) is 115 cm³/mol. The van der Waals surface area contributed by atoms with Crippen LogP contribution in [0, 0.1) is 22.7 Å². The zero-order chi connectivity index (χ0) is 22.3. The number of benzene rings is 1. The van der Waals surface area contributed by atoms with E-state index in [9.17, 15) is 9.18 Å². The quantitative estimate of drug-likeness (QED) is 0.244. The van der Waals surface area contributed by atoms with Gasteiger partial charge in [0.2, 0.25) is 0 Å². The van der Waals surface area contributed by atoms with Crippen molar-refractivity contribution < 1.29 is 18.7 Å². The van der Waals surface area contributed by atoms with Crippen LogP contribution in [0.5, 0.6) is 5.75 Å². The summed E-state index contributed by atoms with van der Waals surface area (Å²) in [6.45, 7) is 4.30. The van der Waals surface area contributed by atoms with E-state index >= 15 is 0 Å². The molecule has 2 aliphatic carbocycles. The number of carbonyl (C=O) groups excluding carboxylic acids is 1. The smallest absolute Gasteiger partial charge is 0.410 e. The minimum atomic E-state index is -0.501. The Bertz CT molecular complexity index is 768. The molecule has 2 N–H and O–H groups in total. The number of rotatable bonds is 8. The third kappa shape index (κ3) is 7.18. The lowest BCUT2D eigenvalue weighted by molar-refractivity contribution is 0.0537. The van der Waals surface area contributed by atoms with Gasteiger partial charge in [-0.2, -0.15) is 5.53 Å². The van der Waals surface area contributed by atoms with Gasteiger partial charge in [0, 0.05) is 19.2 Å².